The lowest BCUT2D eigenvalue weighted by atomic mass is 10.0. The second-order valence-electron chi connectivity index (χ2n) is 4.96. The number of hydrogen-bond donors (Lipinski definition) is 2. The van der Waals surface area contributed by atoms with Crippen LogP contribution in [0.4, 0.5) is 5.69 Å². The van der Waals surface area contributed by atoms with Gasteiger partial charge in [-0.3, -0.25) is 9.59 Å². The minimum Gasteiger partial charge on any atom is -0.344 e. The van der Waals surface area contributed by atoms with E-state index in [0.717, 1.165) is 12.1 Å². The molecule has 0 aromatic heterocycles. The summed E-state index contributed by atoms with van der Waals surface area (Å²) in [7, 11) is 0. The van der Waals surface area contributed by atoms with Crippen molar-refractivity contribution < 1.29 is 9.59 Å². The molecule has 104 valence electrons. The van der Waals surface area contributed by atoms with Gasteiger partial charge in [0.2, 0.25) is 11.8 Å². The predicted octanol–water partition coefficient (Wildman–Crippen LogP) is 2.35. The molecule has 2 amide bonds. The van der Waals surface area contributed by atoms with Gasteiger partial charge in [-0.1, -0.05) is 32.9 Å². The molecule has 0 unspecified atom stereocenters. The lowest BCUT2D eigenvalue weighted by Gasteiger charge is -2.21. The number of benzene rings is 1. The molecule has 0 aliphatic heterocycles. The van der Waals surface area contributed by atoms with E-state index in [2.05, 4.69) is 17.6 Å². The van der Waals surface area contributed by atoms with Gasteiger partial charge in [-0.2, -0.15) is 0 Å². The van der Waals surface area contributed by atoms with Crippen LogP contribution in [0.2, 0.25) is 0 Å². The van der Waals surface area contributed by atoms with Crippen LogP contribution < -0.4 is 10.6 Å². The SMILES string of the molecule is CCc1ccc(NC(=O)[C@@H](NC(C)=O)C(C)C)cc1. The van der Waals surface area contributed by atoms with E-state index in [0.29, 0.717) is 0 Å². The van der Waals surface area contributed by atoms with Gasteiger partial charge in [-0.15, -0.1) is 0 Å². The Labute approximate surface area is 114 Å². The molecule has 1 rings (SSSR count). The molecule has 0 saturated heterocycles. The summed E-state index contributed by atoms with van der Waals surface area (Å²) in [5, 5.41) is 5.50. The standard InChI is InChI=1S/C15H22N2O2/c1-5-12-6-8-13(9-7-12)17-15(19)14(10(2)3)16-11(4)18/h6-10,14H,5H2,1-4H3,(H,16,18)(H,17,19)/t14-/m0/s1. The Morgan fingerprint density at radius 3 is 2.16 bits per heavy atom. The van der Waals surface area contributed by atoms with Crippen molar-refractivity contribution in [3.05, 3.63) is 29.8 Å². The highest BCUT2D eigenvalue weighted by Crippen LogP contribution is 2.12. The molecular formula is C15H22N2O2. The number of nitrogens with one attached hydrogen (secondary N) is 2. The van der Waals surface area contributed by atoms with Gasteiger partial charge in [0.05, 0.1) is 0 Å². The summed E-state index contributed by atoms with van der Waals surface area (Å²) >= 11 is 0. The third-order valence-electron chi connectivity index (χ3n) is 2.94. The van der Waals surface area contributed by atoms with Crippen molar-refractivity contribution >= 4 is 17.5 Å². The molecule has 0 bridgehead atoms. The number of carbonyl (C=O) groups excluding carboxylic acids is 2. The van der Waals surface area contributed by atoms with Crippen LogP contribution >= 0.6 is 0 Å². The topological polar surface area (TPSA) is 58.2 Å². The third-order valence-corrected chi connectivity index (χ3v) is 2.94. The van der Waals surface area contributed by atoms with Crippen molar-refractivity contribution in [2.45, 2.75) is 40.2 Å². The number of hydrogen-bond acceptors (Lipinski definition) is 2. The molecule has 0 spiro atoms. The number of anilines is 1. The van der Waals surface area contributed by atoms with Crippen LogP contribution in [0.1, 0.15) is 33.3 Å². The van der Waals surface area contributed by atoms with Gasteiger partial charge in [-0.25, -0.2) is 0 Å². The monoisotopic (exact) mass is 262 g/mol. The first-order valence-corrected chi connectivity index (χ1v) is 6.61. The average molecular weight is 262 g/mol. The number of rotatable bonds is 5. The van der Waals surface area contributed by atoms with Crippen LogP contribution in [-0.2, 0) is 16.0 Å². The Balaban J connectivity index is 2.72. The molecule has 1 aromatic carbocycles. The fourth-order valence-electron chi connectivity index (χ4n) is 1.80. The smallest absolute Gasteiger partial charge is 0.247 e. The molecule has 1 aromatic rings. The molecule has 4 nitrogen and oxygen atoms in total. The summed E-state index contributed by atoms with van der Waals surface area (Å²) in [6.07, 6.45) is 0.967. The maximum absolute atomic E-state index is 12.1. The summed E-state index contributed by atoms with van der Waals surface area (Å²) in [5.41, 5.74) is 1.97. The number of amides is 2. The van der Waals surface area contributed by atoms with E-state index < -0.39 is 6.04 Å². The summed E-state index contributed by atoms with van der Waals surface area (Å²) in [5.74, 6) is -0.344. The molecule has 0 aliphatic carbocycles. The van der Waals surface area contributed by atoms with E-state index in [-0.39, 0.29) is 17.7 Å². The fourth-order valence-corrected chi connectivity index (χ4v) is 1.80. The third kappa shape index (κ3) is 4.73. The molecule has 4 heteroatoms. The van der Waals surface area contributed by atoms with Gasteiger partial charge in [0.25, 0.3) is 0 Å². The zero-order valence-corrected chi connectivity index (χ0v) is 12.0. The second-order valence-corrected chi connectivity index (χ2v) is 4.96. The average Bonchev–Trinajstić information content (AvgIpc) is 2.36. The molecule has 0 radical (unpaired) electrons. The number of aryl methyl sites for hydroxylation is 1. The van der Waals surface area contributed by atoms with Crippen molar-refractivity contribution in [1.29, 1.82) is 0 Å². The Bertz CT molecular complexity index is 438. The maximum atomic E-state index is 12.1. The van der Waals surface area contributed by atoms with Crippen LogP contribution in [-0.4, -0.2) is 17.9 Å². The Morgan fingerprint density at radius 1 is 1.16 bits per heavy atom. The van der Waals surface area contributed by atoms with Crippen LogP contribution in [0.15, 0.2) is 24.3 Å². The predicted molar refractivity (Wildman–Crippen MR) is 76.9 cm³/mol. The Morgan fingerprint density at radius 2 is 1.74 bits per heavy atom. The van der Waals surface area contributed by atoms with Gasteiger partial charge in [-0.05, 0) is 30.0 Å². The molecule has 0 fully saturated rings. The van der Waals surface area contributed by atoms with Crippen molar-refractivity contribution in [2.75, 3.05) is 5.32 Å². The van der Waals surface area contributed by atoms with Gasteiger partial charge in [0.1, 0.15) is 6.04 Å². The van der Waals surface area contributed by atoms with Gasteiger partial charge in [0, 0.05) is 12.6 Å². The molecule has 0 aliphatic rings. The van der Waals surface area contributed by atoms with Crippen LogP contribution in [0, 0.1) is 5.92 Å². The largest absolute Gasteiger partial charge is 0.344 e. The molecule has 0 heterocycles. The zero-order valence-electron chi connectivity index (χ0n) is 12.0. The molecular weight excluding hydrogens is 240 g/mol. The summed E-state index contributed by atoms with van der Waals surface area (Å²) in [6, 6.07) is 7.21. The normalized spacial score (nSPS) is 12.1. The van der Waals surface area contributed by atoms with E-state index in [4.69, 9.17) is 0 Å². The zero-order chi connectivity index (χ0) is 14.4. The van der Waals surface area contributed by atoms with E-state index >= 15 is 0 Å². The number of carbonyl (C=O) groups is 2. The Kier molecular flexibility index (Phi) is 5.55. The highest BCUT2D eigenvalue weighted by molar-refractivity contribution is 5.97. The van der Waals surface area contributed by atoms with Crippen molar-refractivity contribution in [1.82, 2.24) is 5.32 Å². The van der Waals surface area contributed by atoms with Crippen LogP contribution in [0.5, 0.6) is 0 Å². The maximum Gasteiger partial charge on any atom is 0.247 e. The van der Waals surface area contributed by atoms with E-state index in [9.17, 15) is 9.59 Å². The molecule has 1 atom stereocenters. The van der Waals surface area contributed by atoms with Crippen LogP contribution in [0.3, 0.4) is 0 Å². The van der Waals surface area contributed by atoms with Gasteiger partial charge < -0.3 is 10.6 Å². The summed E-state index contributed by atoms with van der Waals surface area (Å²) in [4.78, 5) is 23.2. The quantitative estimate of drug-likeness (QED) is 0.855. The fraction of sp³-hybridized carbons (Fsp3) is 0.467. The Hall–Kier alpha value is -1.84. The highest BCUT2D eigenvalue weighted by Gasteiger charge is 2.22. The van der Waals surface area contributed by atoms with Crippen LogP contribution in [0.25, 0.3) is 0 Å². The van der Waals surface area contributed by atoms with Crippen molar-refractivity contribution in [3.63, 3.8) is 0 Å². The first kappa shape index (κ1) is 15.2. The second kappa shape index (κ2) is 6.92. The van der Waals surface area contributed by atoms with E-state index in [1.807, 2.05) is 38.1 Å². The lowest BCUT2D eigenvalue weighted by Crippen LogP contribution is -2.46. The summed E-state index contributed by atoms with van der Waals surface area (Å²) in [6.45, 7) is 7.30. The lowest BCUT2D eigenvalue weighted by molar-refractivity contribution is -0.126. The van der Waals surface area contributed by atoms with Gasteiger partial charge in [0.15, 0.2) is 0 Å². The molecule has 2 N–H and O–H groups in total. The minimum absolute atomic E-state index is 0.0406. The molecule has 19 heavy (non-hydrogen) atoms. The van der Waals surface area contributed by atoms with E-state index in [1.54, 1.807) is 0 Å². The summed E-state index contributed by atoms with van der Waals surface area (Å²) < 4.78 is 0. The minimum atomic E-state index is -0.511. The van der Waals surface area contributed by atoms with Crippen molar-refractivity contribution in [3.8, 4) is 0 Å². The molecule has 0 saturated carbocycles. The highest BCUT2D eigenvalue weighted by atomic mass is 16.2. The van der Waals surface area contributed by atoms with Gasteiger partial charge >= 0.3 is 0 Å². The first-order chi connectivity index (χ1) is 8.93. The van der Waals surface area contributed by atoms with Crippen molar-refractivity contribution in [2.24, 2.45) is 5.92 Å². The van der Waals surface area contributed by atoms with E-state index in [1.165, 1.54) is 12.5 Å². The first-order valence-electron chi connectivity index (χ1n) is 6.61.